The fourth-order valence-electron chi connectivity index (χ4n) is 2.41. The molecule has 1 heterocycles. The number of benzene rings is 2. The van der Waals surface area contributed by atoms with E-state index in [0.717, 1.165) is 11.3 Å². The van der Waals surface area contributed by atoms with Crippen LogP contribution in [0.3, 0.4) is 0 Å². The van der Waals surface area contributed by atoms with E-state index in [9.17, 15) is 8.42 Å². The average Bonchev–Trinajstić information content (AvgIpc) is 3.15. The number of nitrogens with zero attached hydrogens (tertiary/aromatic N) is 3. The molecule has 0 saturated carbocycles. The van der Waals surface area contributed by atoms with Crippen molar-refractivity contribution in [2.24, 2.45) is 0 Å². The summed E-state index contributed by atoms with van der Waals surface area (Å²) in [4.78, 5) is 0.185. The molecule has 0 spiro atoms. The van der Waals surface area contributed by atoms with Crippen LogP contribution in [0.15, 0.2) is 71.9 Å². The lowest BCUT2D eigenvalue weighted by atomic mass is 10.1. The number of sulfone groups is 1. The lowest BCUT2D eigenvalue weighted by Crippen LogP contribution is -2.09. The van der Waals surface area contributed by atoms with Crippen LogP contribution in [0.5, 0.6) is 0 Å². The van der Waals surface area contributed by atoms with Crippen molar-refractivity contribution in [2.75, 3.05) is 5.75 Å². The highest BCUT2D eigenvalue weighted by Crippen LogP contribution is 2.16. The van der Waals surface area contributed by atoms with E-state index in [1.165, 1.54) is 12.1 Å². The van der Waals surface area contributed by atoms with Gasteiger partial charge in [0.1, 0.15) is 0 Å². The zero-order valence-corrected chi connectivity index (χ0v) is 13.6. The Morgan fingerprint density at radius 2 is 1.92 bits per heavy atom. The SMILES string of the molecule is N#Cc1cccc(S(=O)(=O)CCc2cccc(-n3cccn3)c2)c1. The number of hydrogen-bond donors (Lipinski definition) is 0. The molecule has 24 heavy (non-hydrogen) atoms. The lowest BCUT2D eigenvalue weighted by molar-refractivity contribution is 0.595. The molecular formula is C18H15N3O2S. The Hall–Kier alpha value is -2.91. The average molecular weight is 337 g/mol. The Kier molecular flexibility index (Phi) is 4.45. The molecule has 120 valence electrons. The van der Waals surface area contributed by atoms with Crippen LogP contribution in [0.4, 0.5) is 0 Å². The molecule has 0 radical (unpaired) electrons. The van der Waals surface area contributed by atoms with Gasteiger partial charge in [0.05, 0.1) is 28.0 Å². The maximum atomic E-state index is 12.5. The largest absolute Gasteiger partial charge is 0.241 e. The molecule has 1 aromatic heterocycles. The molecule has 6 heteroatoms. The van der Waals surface area contributed by atoms with Crippen molar-refractivity contribution in [1.82, 2.24) is 9.78 Å². The normalized spacial score (nSPS) is 11.1. The van der Waals surface area contributed by atoms with Crippen molar-refractivity contribution < 1.29 is 8.42 Å². The van der Waals surface area contributed by atoms with E-state index in [0.29, 0.717) is 12.0 Å². The molecule has 2 aromatic carbocycles. The second-order valence-corrected chi connectivity index (χ2v) is 7.44. The molecule has 0 bridgehead atoms. The second kappa shape index (κ2) is 6.69. The van der Waals surface area contributed by atoms with Gasteiger partial charge in [-0.1, -0.05) is 18.2 Å². The maximum absolute atomic E-state index is 12.5. The van der Waals surface area contributed by atoms with Crippen LogP contribution >= 0.6 is 0 Å². The highest BCUT2D eigenvalue weighted by molar-refractivity contribution is 7.91. The molecule has 5 nitrogen and oxygen atoms in total. The monoisotopic (exact) mass is 337 g/mol. The Bertz CT molecular complexity index is 987. The zero-order chi connectivity index (χ0) is 17.0. The fraction of sp³-hybridized carbons (Fsp3) is 0.111. The first kappa shape index (κ1) is 16.0. The van der Waals surface area contributed by atoms with E-state index < -0.39 is 9.84 Å². The maximum Gasteiger partial charge on any atom is 0.178 e. The van der Waals surface area contributed by atoms with E-state index in [4.69, 9.17) is 5.26 Å². The summed E-state index contributed by atoms with van der Waals surface area (Å²) in [5.41, 5.74) is 2.15. The molecule has 3 rings (SSSR count). The molecule has 0 aliphatic carbocycles. The molecule has 0 N–H and O–H groups in total. The summed E-state index contributed by atoms with van der Waals surface area (Å²) in [6, 6.07) is 17.5. The van der Waals surface area contributed by atoms with Crippen molar-refractivity contribution >= 4 is 9.84 Å². The van der Waals surface area contributed by atoms with Gasteiger partial charge in [0.2, 0.25) is 0 Å². The Morgan fingerprint density at radius 1 is 1.08 bits per heavy atom. The van der Waals surface area contributed by atoms with Crippen LogP contribution in [0, 0.1) is 11.3 Å². The molecule has 0 atom stereocenters. The van der Waals surface area contributed by atoms with E-state index in [1.807, 2.05) is 42.6 Å². The van der Waals surface area contributed by atoms with Gasteiger partial charge in [0.15, 0.2) is 9.84 Å². The quantitative estimate of drug-likeness (QED) is 0.717. The Balaban J connectivity index is 1.78. The van der Waals surface area contributed by atoms with Crippen molar-refractivity contribution in [2.45, 2.75) is 11.3 Å². The van der Waals surface area contributed by atoms with Crippen molar-refractivity contribution in [3.63, 3.8) is 0 Å². The van der Waals surface area contributed by atoms with Crippen LogP contribution in [0.25, 0.3) is 5.69 Å². The third-order valence-electron chi connectivity index (χ3n) is 3.66. The van der Waals surface area contributed by atoms with Crippen molar-refractivity contribution in [3.05, 3.63) is 78.1 Å². The third kappa shape index (κ3) is 3.53. The summed E-state index contributed by atoms with van der Waals surface area (Å²) in [5.74, 6) is -0.00948. The summed E-state index contributed by atoms with van der Waals surface area (Å²) in [6.45, 7) is 0. The standard InChI is InChI=1S/C18H15N3O2S/c19-14-16-5-2-7-18(13-16)24(22,23)11-8-15-4-1-6-17(12-15)21-10-3-9-20-21/h1-7,9-10,12-13H,8,11H2. The molecule has 0 aliphatic rings. The first-order chi connectivity index (χ1) is 11.6. The minimum Gasteiger partial charge on any atom is -0.241 e. The number of aromatic nitrogens is 2. The highest BCUT2D eigenvalue weighted by atomic mass is 32.2. The molecule has 0 fully saturated rings. The first-order valence-corrected chi connectivity index (χ1v) is 9.05. The van der Waals surface area contributed by atoms with E-state index in [-0.39, 0.29) is 10.6 Å². The predicted molar refractivity (Wildman–Crippen MR) is 90.5 cm³/mol. The topological polar surface area (TPSA) is 75.8 Å². The number of aryl methyl sites for hydroxylation is 1. The molecule has 0 saturated heterocycles. The molecule has 0 unspecified atom stereocenters. The van der Waals surface area contributed by atoms with Crippen molar-refractivity contribution in [1.29, 1.82) is 5.26 Å². The Labute approximate surface area is 140 Å². The summed E-state index contributed by atoms with van der Waals surface area (Å²) in [5, 5.41) is 13.1. The van der Waals surface area contributed by atoms with Gasteiger partial charge in [-0.2, -0.15) is 10.4 Å². The van der Waals surface area contributed by atoms with E-state index in [1.54, 1.807) is 23.0 Å². The van der Waals surface area contributed by atoms with Gasteiger partial charge >= 0.3 is 0 Å². The van der Waals surface area contributed by atoms with E-state index >= 15 is 0 Å². The van der Waals surface area contributed by atoms with Gasteiger partial charge in [0.25, 0.3) is 0 Å². The molecule has 3 aromatic rings. The fourth-order valence-corrected chi connectivity index (χ4v) is 3.74. The van der Waals surface area contributed by atoms with Crippen LogP contribution in [-0.2, 0) is 16.3 Å². The molecular weight excluding hydrogens is 322 g/mol. The first-order valence-electron chi connectivity index (χ1n) is 7.40. The number of hydrogen-bond acceptors (Lipinski definition) is 4. The van der Waals surface area contributed by atoms with Gasteiger partial charge in [-0.05, 0) is 48.4 Å². The van der Waals surface area contributed by atoms with Crippen LogP contribution in [0.2, 0.25) is 0 Å². The number of rotatable bonds is 5. The predicted octanol–water partition coefficient (Wildman–Crippen LogP) is 2.76. The van der Waals surface area contributed by atoms with Gasteiger partial charge in [0, 0.05) is 12.4 Å². The van der Waals surface area contributed by atoms with E-state index in [2.05, 4.69) is 5.10 Å². The van der Waals surface area contributed by atoms with Gasteiger partial charge in [-0.3, -0.25) is 0 Å². The minimum absolute atomic E-state index is 0.00948. The lowest BCUT2D eigenvalue weighted by Gasteiger charge is -2.07. The second-order valence-electron chi connectivity index (χ2n) is 5.33. The van der Waals surface area contributed by atoms with Crippen LogP contribution < -0.4 is 0 Å². The van der Waals surface area contributed by atoms with Crippen LogP contribution in [0.1, 0.15) is 11.1 Å². The summed E-state index contributed by atoms with van der Waals surface area (Å²) < 4.78 is 26.7. The molecule has 0 aliphatic heterocycles. The van der Waals surface area contributed by atoms with Gasteiger partial charge in [-0.15, -0.1) is 0 Å². The smallest absolute Gasteiger partial charge is 0.178 e. The van der Waals surface area contributed by atoms with Crippen molar-refractivity contribution in [3.8, 4) is 11.8 Å². The number of nitriles is 1. The van der Waals surface area contributed by atoms with Crippen LogP contribution in [-0.4, -0.2) is 24.0 Å². The molecule has 0 amide bonds. The Morgan fingerprint density at radius 3 is 2.67 bits per heavy atom. The zero-order valence-electron chi connectivity index (χ0n) is 12.8. The summed E-state index contributed by atoms with van der Waals surface area (Å²) >= 11 is 0. The van der Waals surface area contributed by atoms with Gasteiger partial charge < -0.3 is 0 Å². The summed E-state index contributed by atoms with van der Waals surface area (Å²) in [6.07, 6.45) is 3.93. The minimum atomic E-state index is -3.43. The highest BCUT2D eigenvalue weighted by Gasteiger charge is 2.15. The third-order valence-corrected chi connectivity index (χ3v) is 5.37. The summed E-state index contributed by atoms with van der Waals surface area (Å²) in [7, 11) is -3.43. The van der Waals surface area contributed by atoms with Gasteiger partial charge in [-0.25, -0.2) is 13.1 Å².